The number of Topliss-reactive ketones (excluding diaryl/α,β-unsaturated/α-hetero) is 1. The Labute approximate surface area is 244 Å². The van der Waals surface area contributed by atoms with Crippen molar-refractivity contribution in [1.29, 1.82) is 0 Å². The first-order valence-electron chi connectivity index (χ1n) is 15.3. The molecule has 1 heterocycles. The fraction of sp³-hybridized carbons (Fsp3) is 0.697. The number of methoxy groups -OCH3 is 1. The predicted molar refractivity (Wildman–Crippen MR) is 145 cm³/mol. The SMILES string of the molecule is COC(=O)/C(C)=C1\C(=O)[C@H](O)[C@]2(C)C3=C(C[C@H]4[C@@]5(C)[C@@H]6C[C@@H]6[C@@H](COC(C)=O)[C@@H]5CC5=C(CO)C(=O)O[C@@]54C31)[C@H]1C[C@H]12. The molecule has 0 amide bonds. The zero-order valence-corrected chi connectivity index (χ0v) is 24.7. The standard InChI is InChI=1S/C33H38O9/c1-12(29(38)40-5)24-26-25-16(14-6-20(14)32(25,4)28(37)27(24)36)8-23-31(3)19-7-15(19)18(11-41-13(2)35)21(31)9-22-17(10-34)30(39)42-33(22,23)26/h14-15,18-21,23,26,28,34,37H,6-11H2,1-5H3/b24-12-/t14-,15-,18-,19-,20-,21+,23+,26?,28+,31+,32+,33+/m1/s1. The van der Waals surface area contributed by atoms with Crippen molar-refractivity contribution < 1.29 is 43.6 Å². The number of hydrogen-bond donors (Lipinski definition) is 2. The molecule has 0 aromatic carbocycles. The van der Waals surface area contributed by atoms with Crippen LogP contribution in [0.2, 0.25) is 0 Å². The van der Waals surface area contributed by atoms with Crippen molar-refractivity contribution in [3.05, 3.63) is 33.4 Å². The molecule has 8 aliphatic rings. The second-order valence-electron chi connectivity index (χ2n) is 14.6. The topological polar surface area (TPSA) is 136 Å². The van der Waals surface area contributed by atoms with Gasteiger partial charge in [0.1, 0.15) is 11.7 Å². The summed E-state index contributed by atoms with van der Waals surface area (Å²) in [6, 6.07) is 0. The molecular weight excluding hydrogens is 540 g/mol. The highest BCUT2D eigenvalue weighted by molar-refractivity contribution is 6.09. The lowest BCUT2D eigenvalue weighted by atomic mass is 9.42. The van der Waals surface area contributed by atoms with E-state index in [9.17, 15) is 29.4 Å². The average Bonchev–Trinajstić information content (AvgIpc) is 3.86. The highest BCUT2D eigenvalue weighted by Crippen LogP contribution is 2.82. The molecule has 1 spiro atoms. The molecule has 2 N–H and O–H groups in total. The monoisotopic (exact) mass is 578 g/mol. The van der Waals surface area contributed by atoms with Gasteiger partial charge in [-0.25, -0.2) is 9.59 Å². The first kappa shape index (κ1) is 26.8. The van der Waals surface area contributed by atoms with Gasteiger partial charge in [-0.2, -0.15) is 0 Å². The van der Waals surface area contributed by atoms with Crippen LogP contribution in [0.15, 0.2) is 33.4 Å². The van der Waals surface area contributed by atoms with Crippen LogP contribution in [-0.4, -0.2) is 65.9 Å². The maximum Gasteiger partial charge on any atom is 0.337 e. The Morgan fingerprint density at radius 3 is 2.48 bits per heavy atom. The molecule has 7 aliphatic carbocycles. The second-order valence-corrected chi connectivity index (χ2v) is 14.6. The summed E-state index contributed by atoms with van der Waals surface area (Å²) in [4.78, 5) is 52.8. The van der Waals surface area contributed by atoms with Crippen LogP contribution in [0.3, 0.4) is 0 Å². The van der Waals surface area contributed by atoms with Crippen molar-refractivity contribution in [2.24, 2.45) is 58.2 Å². The van der Waals surface area contributed by atoms with E-state index in [-0.39, 0.29) is 57.7 Å². The Hall–Kier alpha value is -2.78. The highest BCUT2D eigenvalue weighted by atomic mass is 16.6. The molecule has 0 aromatic heterocycles. The fourth-order valence-corrected chi connectivity index (χ4v) is 11.7. The minimum atomic E-state index is -1.31. The summed E-state index contributed by atoms with van der Waals surface area (Å²) in [6.07, 6.45) is 1.78. The summed E-state index contributed by atoms with van der Waals surface area (Å²) in [6.45, 7) is 7.09. The summed E-state index contributed by atoms with van der Waals surface area (Å²) in [7, 11) is 1.27. The van der Waals surface area contributed by atoms with Crippen LogP contribution in [0.1, 0.15) is 53.4 Å². The largest absolute Gasteiger partial charge is 0.466 e. The number of hydrogen-bond acceptors (Lipinski definition) is 9. The molecule has 9 nitrogen and oxygen atoms in total. The van der Waals surface area contributed by atoms with E-state index >= 15 is 0 Å². The lowest BCUT2D eigenvalue weighted by Gasteiger charge is -2.63. The summed E-state index contributed by atoms with van der Waals surface area (Å²) < 4.78 is 17.3. The lowest BCUT2D eigenvalue weighted by molar-refractivity contribution is -0.179. The average molecular weight is 579 g/mol. The minimum absolute atomic E-state index is 0.105. The quantitative estimate of drug-likeness (QED) is 0.223. The van der Waals surface area contributed by atoms with Gasteiger partial charge in [0, 0.05) is 29.4 Å². The van der Waals surface area contributed by atoms with Crippen LogP contribution >= 0.6 is 0 Å². The third-order valence-electron chi connectivity index (χ3n) is 13.5. The van der Waals surface area contributed by atoms with Crippen LogP contribution < -0.4 is 0 Å². The van der Waals surface area contributed by atoms with E-state index in [4.69, 9.17) is 14.2 Å². The Morgan fingerprint density at radius 1 is 1.07 bits per heavy atom. The van der Waals surface area contributed by atoms with Crippen LogP contribution in [0, 0.1) is 58.2 Å². The number of ether oxygens (including phenoxy) is 3. The summed E-state index contributed by atoms with van der Waals surface area (Å²) in [5.74, 6) is -1.61. The number of esters is 3. The first-order chi connectivity index (χ1) is 19.9. The van der Waals surface area contributed by atoms with E-state index in [0.717, 1.165) is 24.0 Å². The van der Waals surface area contributed by atoms with E-state index in [2.05, 4.69) is 6.92 Å². The van der Waals surface area contributed by atoms with Gasteiger partial charge in [-0.1, -0.05) is 19.4 Å². The molecular formula is C33H38O9. The number of fused-ring (bicyclic) bond motifs is 7. The third kappa shape index (κ3) is 2.75. The van der Waals surface area contributed by atoms with Gasteiger partial charge in [0.25, 0.3) is 0 Å². The van der Waals surface area contributed by atoms with E-state index in [0.29, 0.717) is 31.3 Å². The third-order valence-corrected chi connectivity index (χ3v) is 13.5. The molecule has 9 heteroatoms. The molecule has 5 saturated carbocycles. The van der Waals surface area contributed by atoms with Crippen LogP contribution in [0.5, 0.6) is 0 Å². The zero-order chi connectivity index (χ0) is 29.8. The highest BCUT2D eigenvalue weighted by Gasteiger charge is 2.81. The molecule has 0 saturated heterocycles. The number of rotatable bonds is 4. The van der Waals surface area contributed by atoms with E-state index in [1.54, 1.807) is 6.92 Å². The maximum atomic E-state index is 14.3. The number of allylic oxidation sites excluding steroid dienone is 1. The molecule has 224 valence electrons. The van der Waals surface area contributed by atoms with Gasteiger partial charge in [-0.05, 0) is 84.7 Å². The first-order valence-corrected chi connectivity index (χ1v) is 15.3. The Morgan fingerprint density at radius 2 is 1.81 bits per heavy atom. The Kier molecular flexibility index (Phi) is 5.13. The second kappa shape index (κ2) is 8.03. The van der Waals surface area contributed by atoms with Gasteiger partial charge in [0.05, 0.1) is 31.8 Å². The number of carbonyl (C=O) groups is 4. The van der Waals surface area contributed by atoms with Gasteiger partial charge in [0.15, 0.2) is 5.78 Å². The number of carbonyl (C=O) groups excluding carboxylic acids is 4. The van der Waals surface area contributed by atoms with Gasteiger partial charge in [-0.3, -0.25) is 9.59 Å². The Bertz CT molecular complexity index is 1500. The van der Waals surface area contributed by atoms with Gasteiger partial charge in [0.2, 0.25) is 0 Å². The molecule has 8 rings (SSSR count). The molecule has 1 unspecified atom stereocenters. The van der Waals surface area contributed by atoms with E-state index in [1.165, 1.54) is 19.6 Å². The summed E-state index contributed by atoms with van der Waals surface area (Å²) >= 11 is 0. The molecule has 0 bridgehead atoms. The lowest BCUT2D eigenvalue weighted by Crippen LogP contribution is -2.66. The Balaban J connectivity index is 1.40. The predicted octanol–water partition coefficient (Wildman–Crippen LogP) is 2.45. The van der Waals surface area contributed by atoms with E-state index in [1.807, 2.05) is 6.92 Å². The van der Waals surface area contributed by atoms with Crippen LogP contribution in [0.25, 0.3) is 0 Å². The van der Waals surface area contributed by atoms with Crippen molar-refractivity contribution in [3.8, 4) is 0 Å². The van der Waals surface area contributed by atoms with Crippen LogP contribution in [-0.2, 0) is 33.4 Å². The molecule has 1 aliphatic heterocycles. The number of ketones is 1. The fourth-order valence-electron chi connectivity index (χ4n) is 11.7. The summed E-state index contributed by atoms with van der Waals surface area (Å²) in [5.41, 5.74) is 1.12. The van der Waals surface area contributed by atoms with Crippen molar-refractivity contribution in [2.45, 2.75) is 65.1 Å². The van der Waals surface area contributed by atoms with Gasteiger partial charge in [-0.15, -0.1) is 0 Å². The normalized spacial score (nSPS) is 49.7. The molecule has 42 heavy (non-hydrogen) atoms. The zero-order valence-electron chi connectivity index (χ0n) is 24.7. The van der Waals surface area contributed by atoms with Crippen molar-refractivity contribution in [3.63, 3.8) is 0 Å². The maximum absolute atomic E-state index is 14.3. The molecule has 5 fully saturated rings. The van der Waals surface area contributed by atoms with Crippen molar-refractivity contribution >= 4 is 23.7 Å². The molecule has 0 radical (unpaired) electrons. The van der Waals surface area contributed by atoms with E-state index < -0.39 is 47.4 Å². The number of aliphatic hydroxyl groups excluding tert-OH is 2. The van der Waals surface area contributed by atoms with Crippen LogP contribution in [0.4, 0.5) is 0 Å². The number of aliphatic hydroxyl groups is 2. The molecule has 0 aromatic rings. The van der Waals surface area contributed by atoms with Crippen molar-refractivity contribution in [2.75, 3.05) is 20.3 Å². The van der Waals surface area contributed by atoms with Gasteiger partial charge < -0.3 is 24.4 Å². The van der Waals surface area contributed by atoms with Gasteiger partial charge >= 0.3 is 17.9 Å². The molecule has 12 atom stereocenters. The smallest absolute Gasteiger partial charge is 0.337 e. The summed E-state index contributed by atoms with van der Waals surface area (Å²) in [5, 5.41) is 22.2. The van der Waals surface area contributed by atoms with Crippen molar-refractivity contribution in [1.82, 2.24) is 0 Å². The minimum Gasteiger partial charge on any atom is -0.466 e.